The van der Waals surface area contributed by atoms with Crippen LogP contribution in [0.4, 0.5) is 0 Å². The highest BCUT2D eigenvalue weighted by Crippen LogP contribution is 2.41. The van der Waals surface area contributed by atoms with Crippen molar-refractivity contribution in [3.8, 4) is 5.75 Å². The molecule has 3 nitrogen and oxygen atoms in total. The fourth-order valence-electron chi connectivity index (χ4n) is 3.01. The van der Waals surface area contributed by atoms with Gasteiger partial charge in [-0.05, 0) is 49.4 Å². The topological polar surface area (TPSA) is 35.5 Å². The number of carbonyl (C=O) groups excluding carboxylic acids is 1. The average Bonchev–Trinajstić information content (AvgIpc) is 2.38. The summed E-state index contributed by atoms with van der Waals surface area (Å²) in [4.78, 5) is 11.8. The fourth-order valence-corrected chi connectivity index (χ4v) is 3.01. The molecule has 0 radical (unpaired) electrons. The molecule has 2 rings (SSSR count). The van der Waals surface area contributed by atoms with Gasteiger partial charge in [0.2, 0.25) is 0 Å². The molecule has 0 fully saturated rings. The maximum Gasteiger partial charge on any atom is 0.306 e. The lowest BCUT2D eigenvalue weighted by molar-refractivity contribution is -0.144. The third-order valence-corrected chi connectivity index (χ3v) is 3.98. The summed E-state index contributed by atoms with van der Waals surface area (Å²) in [6, 6.07) is 6.18. The van der Waals surface area contributed by atoms with Gasteiger partial charge in [-0.25, -0.2) is 0 Å². The highest BCUT2D eigenvalue weighted by Gasteiger charge is 2.34. The molecule has 19 heavy (non-hydrogen) atoms. The van der Waals surface area contributed by atoms with Gasteiger partial charge in [-0.3, -0.25) is 4.79 Å². The van der Waals surface area contributed by atoms with Crippen LogP contribution in [0.2, 0.25) is 0 Å². The molecule has 1 aliphatic carbocycles. The number of fused-ring (bicyclic) bond motifs is 1. The number of benzene rings is 1. The second kappa shape index (κ2) is 5.64. The molecule has 0 aromatic heterocycles. The lowest BCUT2D eigenvalue weighted by atomic mass is 9.69. The Balaban J connectivity index is 2.27. The Labute approximate surface area is 114 Å². The predicted octanol–water partition coefficient (Wildman–Crippen LogP) is 3.24. The highest BCUT2D eigenvalue weighted by atomic mass is 16.5. The zero-order valence-corrected chi connectivity index (χ0v) is 12.0. The van der Waals surface area contributed by atoms with Crippen molar-refractivity contribution >= 4 is 5.97 Å². The Morgan fingerprint density at radius 1 is 1.42 bits per heavy atom. The van der Waals surface area contributed by atoms with E-state index in [1.165, 1.54) is 11.1 Å². The average molecular weight is 262 g/mol. The molecule has 0 amide bonds. The van der Waals surface area contributed by atoms with Gasteiger partial charge in [0.1, 0.15) is 5.75 Å². The zero-order valence-electron chi connectivity index (χ0n) is 12.0. The van der Waals surface area contributed by atoms with Crippen LogP contribution in [0.1, 0.15) is 44.2 Å². The van der Waals surface area contributed by atoms with Crippen LogP contribution in [0.5, 0.6) is 5.75 Å². The minimum atomic E-state index is -0.105. The first-order valence-corrected chi connectivity index (χ1v) is 6.92. The SMILES string of the molecule is CCOC(=O)CC1(C)CCCc2cc(OC)ccc21. The van der Waals surface area contributed by atoms with E-state index >= 15 is 0 Å². The van der Waals surface area contributed by atoms with Crippen molar-refractivity contribution in [1.29, 1.82) is 0 Å². The number of hydrogen-bond donors (Lipinski definition) is 0. The van der Waals surface area contributed by atoms with Gasteiger partial charge in [0, 0.05) is 5.41 Å². The molecule has 0 heterocycles. The van der Waals surface area contributed by atoms with Crippen molar-refractivity contribution in [3.63, 3.8) is 0 Å². The van der Waals surface area contributed by atoms with Crippen LogP contribution in [0.15, 0.2) is 18.2 Å². The van der Waals surface area contributed by atoms with E-state index in [-0.39, 0.29) is 11.4 Å². The molecule has 0 bridgehead atoms. The third kappa shape index (κ3) is 2.91. The zero-order chi connectivity index (χ0) is 13.9. The summed E-state index contributed by atoms with van der Waals surface area (Å²) in [6.07, 6.45) is 3.66. The largest absolute Gasteiger partial charge is 0.497 e. The summed E-state index contributed by atoms with van der Waals surface area (Å²) in [5, 5.41) is 0. The van der Waals surface area contributed by atoms with Gasteiger partial charge in [-0.1, -0.05) is 13.0 Å². The van der Waals surface area contributed by atoms with Crippen LogP contribution < -0.4 is 4.74 Å². The van der Waals surface area contributed by atoms with E-state index < -0.39 is 0 Å². The minimum Gasteiger partial charge on any atom is -0.497 e. The molecule has 1 aromatic carbocycles. The van der Waals surface area contributed by atoms with Crippen LogP contribution in [-0.2, 0) is 21.4 Å². The van der Waals surface area contributed by atoms with Gasteiger partial charge < -0.3 is 9.47 Å². The Bertz CT molecular complexity index is 467. The van der Waals surface area contributed by atoms with Crippen molar-refractivity contribution in [1.82, 2.24) is 0 Å². The van der Waals surface area contributed by atoms with Crippen molar-refractivity contribution in [2.75, 3.05) is 13.7 Å². The first kappa shape index (κ1) is 13.9. The third-order valence-electron chi connectivity index (χ3n) is 3.98. The molecule has 3 heteroatoms. The Kier molecular flexibility index (Phi) is 4.13. The van der Waals surface area contributed by atoms with E-state index in [1.54, 1.807) is 7.11 Å². The van der Waals surface area contributed by atoms with E-state index in [1.807, 2.05) is 13.0 Å². The van der Waals surface area contributed by atoms with Gasteiger partial charge in [0.15, 0.2) is 0 Å². The van der Waals surface area contributed by atoms with Crippen LogP contribution in [0, 0.1) is 0 Å². The molecule has 0 aliphatic heterocycles. The van der Waals surface area contributed by atoms with Crippen molar-refractivity contribution in [3.05, 3.63) is 29.3 Å². The molecule has 0 saturated heterocycles. The second-order valence-corrected chi connectivity index (χ2v) is 5.42. The predicted molar refractivity (Wildman–Crippen MR) is 74.5 cm³/mol. The lowest BCUT2D eigenvalue weighted by Gasteiger charge is -2.35. The number of aryl methyl sites for hydroxylation is 1. The molecule has 0 N–H and O–H groups in total. The van der Waals surface area contributed by atoms with Crippen molar-refractivity contribution in [2.45, 2.75) is 44.9 Å². The molecule has 1 aliphatic rings. The fraction of sp³-hybridized carbons (Fsp3) is 0.562. The van der Waals surface area contributed by atoms with E-state index in [0.29, 0.717) is 13.0 Å². The minimum absolute atomic E-state index is 0.103. The van der Waals surface area contributed by atoms with Crippen LogP contribution in [0.3, 0.4) is 0 Å². The number of methoxy groups -OCH3 is 1. The van der Waals surface area contributed by atoms with Gasteiger partial charge >= 0.3 is 5.97 Å². The molecule has 0 spiro atoms. The van der Waals surface area contributed by atoms with Gasteiger partial charge in [-0.2, -0.15) is 0 Å². The molecule has 0 saturated carbocycles. The van der Waals surface area contributed by atoms with Crippen LogP contribution >= 0.6 is 0 Å². The standard InChI is InChI=1S/C16H22O3/c1-4-19-15(17)11-16(2)9-5-6-12-10-13(18-3)7-8-14(12)16/h7-8,10H,4-6,9,11H2,1-3H3. The first-order valence-electron chi connectivity index (χ1n) is 6.92. The molecule has 1 atom stereocenters. The summed E-state index contributed by atoms with van der Waals surface area (Å²) >= 11 is 0. The molecule has 1 unspecified atom stereocenters. The van der Waals surface area contributed by atoms with Crippen molar-refractivity contribution in [2.24, 2.45) is 0 Å². The number of rotatable bonds is 4. The maximum absolute atomic E-state index is 11.8. The monoisotopic (exact) mass is 262 g/mol. The smallest absolute Gasteiger partial charge is 0.306 e. The second-order valence-electron chi connectivity index (χ2n) is 5.42. The maximum atomic E-state index is 11.8. The van der Waals surface area contributed by atoms with E-state index in [9.17, 15) is 4.79 Å². The normalized spacial score (nSPS) is 21.6. The van der Waals surface area contributed by atoms with Crippen LogP contribution in [0.25, 0.3) is 0 Å². The molecule has 104 valence electrons. The number of carbonyl (C=O) groups is 1. The van der Waals surface area contributed by atoms with Crippen molar-refractivity contribution < 1.29 is 14.3 Å². The summed E-state index contributed by atoms with van der Waals surface area (Å²) in [5.41, 5.74) is 2.47. The van der Waals surface area contributed by atoms with Gasteiger partial charge in [0.25, 0.3) is 0 Å². The molecule has 1 aromatic rings. The summed E-state index contributed by atoms with van der Waals surface area (Å²) in [7, 11) is 1.68. The number of hydrogen-bond acceptors (Lipinski definition) is 3. The summed E-state index contributed by atoms with van der Waals surface area (Å²) < 4.78 is 10.4. The Hall–Kier alpha value is -1.51. The summed E-state index contributed by atoms with van der Waals surface area (Å²) in [5.74, 6) is 0.785. The quantitative estimate of drug-likeness (QED) is 0.781. The summed E-state index contributed by atoms with van der Waals surface area (Å²) in [6.45, 7) is 4.46. The number of ether oxygens (including phenoxy) is 2. The van der Waals surface area contributed by atoms with Crippen LogP contribution in [-0.4, -0.2) is 19.7 Å². The Morgan fingerprint density at radius 3 is 2.89 bits per heavy atom. The lowest BCUT2D eigenvalue weighted by Crippen LogP contribution is -2.31. The first-order chi connectivity index (χ1) is 9.09. The highest BCUT2D eigenvalue weighted by molar-refractivity contribution is 5.71. The van der Waals surface area contributed by atoms with E-state index in [4.69, 9.17) is 9.47 Å². The Morgan fingerprint density at radius 2 is 2.21 bits per heavy atom. The molecular weight excluding hydrogens is 240 g/mol. The van der Waals surface area contributed by atoms with Gasteiger partial charge in [-0.15, -0.1) is 0 Å². The molecular formula is C16H22O3. The van der Waals surface area contributed by atoms with E-state index in [2.05, 4.69) is 19.1 Å². The van der Waals surface area contributed by atoms with E-state index in [0.717, 1.165) is 25.0 Å². The van der Waals surface area contributed by atoms with Gasteiger partial charge in [0.05, 0.1) is 20.1 Å². The number of esters is 1.